The molecule has 0 radical (unpaired) electrons. The van der Waals surface area contributed by atoms with Crippen LogP contribution in [0.2, 0.25) is 0 Å². The maximum Gasteiger partial charge on any atom is 0.325 e. The van der Waals surface area contributed by atoms with Gasteiger partial charge in [0, 0.05) is 6.04 Å². The predicted molar refractivity (Wildman–Crippen MR) is 63.7 cm³/mol. The number of esters is 1. The van der Waals surface area contributed by atoms with Crippen LogP contribution in [0.4, 0.5) is 0 Å². The summed E-state index contributed by atoms with van der Waals surface area (Å²) in [6.07, 6.45) is 2.66. The van der Waals surface area contributed by atoms with Gasteiger partial charge in [0.05, 0.1) is 7.11 Å². The minimum atomic E-state index is -3.68. The molecule has 0 spiro atoms. The summed E-state index contributed by atoms with van der Waals surface area (Å²) in [6.45, 7) is 1.78. The van der Waals surface area contributed by atoms with Gasteiger partial charge in [-0.2, -0.15) is 0 Å². The highest BCUT2D eigenvalue weighted by atomic mass is 32.2. The van der Waals surface area contributed by atoms with Crippen LogP contribution in [0.5, 0.6) is 0 Å². The summed E-state index contributed by atoms with van der Waals surface area (Å²) in [4.78, 5) is 11.2. The maximum atomic E-state index is 11.9. The van der Waals surface area contributed by atoms with E-state index in [1.54, 1.807) is 0 Å². The molecule has 100 valence electrons. The van der Waals surface area contributed by atoms with Gasteiger partial charge in [0.2, 0.25) is 10.0 Å². The highest BCUT2D eigenvalue weighted by molar-refractivity contribution is 7.90. The lowest BCUT2D eigenvalue weighted by molar-refractivity contribution is -0.139. The number of methoxy groups -OCH3 is 1. The molecule has 0 heterocycles. The van der Waals surface area contributed by atoms with E-state index in [0.717, 1.165) is 19.3 Å². The molecule has 0 saturated heterocycles. The first kappa shape index (κ1) is 14.4. The number of rotatable bonds is 5. The van der Waals surface area contributed by atoms with Crippen LogP contribution in [0, 0.1) is 5.92 Å². The van der Waals surface area contributed by atoms with Crippen molar-refractivity contribution in [3.05, 3.63) is 0 Å². The molecule has 0 aromatic rings. The molecule has 3 atom stereocenters. The summed E-state index contributed by atoms with van der Waals surface area (Å²) >= 11 is 0. The van der Waals surface area contributed by atoms with Crippen molar-refractivity contribution in [2.45, 2.75) is 37.5 Å². The van der Waals surface area contributed by atoms with E-state index in [9.17, 15) is 13.2 Å². The molecular formula is C10H20N2O4S. The highest BCUT2D eigenvalue weighted by Crippen LogP contribution is 2.25. The molecule has 17 heavy (non-hydrogen) atoms. The smallest absolute Gasteiger partial charge is 0.325 e. The van der Waals surface area contributed by atoms with Crippen LogP contribution >= 0.6 is 0 Å². The SMILES string of the molecule is COC(=O)C(C)S(=O)(=O)NC1CCCC1CN. The molecule has 0 aromatic heterocycles. The van der Waals surface area contributed by atoms with Gasteiger partial charge in [-0.15, -0.1) is 0 Å². The van der Waals surface area contributed by atoms with Gasteiger partial charge in [0.15, 0.2) is 5.25 Å². The minimum Gasteiger partial charge on any atom is -0.468 e. The fourth-order valence-electron chi connectivity index (χ4n) is 2.08. The van der Waals surface area contributed by atoms with E-state index in [0.29, 0.717) is 6.54 Å². The first-order chi connectivity index (χ1) is 7.92. The largest absolute Gasteiger partial charge is 0.468 e. The Labute approximate surface area is 102 Å². The van der Waals surface area contributed by atoms with E-state index in [1.165, 1.54) is 14.0 Å². The standard InChI is InChI=1S/C10H20N2O4S/c1-7(10(13)16-2)17(14,15)12-9-5-3-4-8(9)6-11/h7-9,12H,3-6,11H2,1-2H3. The van der Waals surface area contributed by atoms with E-state index in [1.807, 2.05) is 0 Å². The van der Waals surface area contributed by atoms with Crippen molar-refractivity contribution in [3.63, 3.8) is 0 Å². The van der Waals surface area contributed by atoms with Crippen molar-refractivity contribution in [2.24, 2.45) is 11.7 Å². The molecule has 1 fully saturated rings. The third-order valence-electron chi connectivity index (χ3n) is 3.28. The monoisotopic (exact) mass is 264 g/mol. The van der Waals surface area contributed by atoms with Gasteiger partial charge < -0.3 is 10.5 Å². The van der Waals surface area contributed by atoms with Gasteiger partial charge in [0.25, 0.3) is 0 Å². The topological polar surface area (TPSA) is 98.5 Å². The second-order valence-corrected chi connectivity index (χ2v) is 6.39. The first-order valence-electron chi connectivity index (χ1n) is 5.71. The van der Waals surface area contributed by atoms with E-state index in [-0.39, 0.29) is 12.0 Å². The second kappa shape index (κ2) is 5.79. The Balaban J connectivity index is 2.69. The van der Waals surface area contributed by atoms with Gasteiger partial charge in [-0.25, -0.2) is 13.1 Å². The van der Waals surface area contributed by atoms with Crippen molar-refractivity contribution < 1.29 is 17.9 Å². The zero-order chi connectivity index (χ0) is 13.1. The zero-order valence-electron chi connectivity index (χ0n) is 10.2. The molecule has 1 aliphatic rings. The van der Waals surface area contributed by atoms with Crippen LogP contribution in [0.1, 0.15) is 26.2 Å². The van der Waals surface area contributed by atoms with Gasteiger partial charge in [0.1, 0.15) is 0 Å². The molecule has 3 N–H and O–H groups in total. The molecule has 1 saturated carbocycles. The number of carbonyl (C=O) groups is 1. The quantitative estimate of drug-likeness (QED) is 0.658. The zero-order valence-corrected chi connectivity index (χ0v) is 11.0. The molecule has 1 rings (SSSR count). The number of nitrogens with one attached hydrogen (secondary N) is 1. The third kappa shape index (κ3) is 3.40. The molecular weight excluding hydrogens is 244 g/mol. The molecule has 3 unspecified atom stereocenters. The molecule has 7 heteroatoms. The Hall–Kier alpha value is -0.660. The third-order valence-corrected chi connectivity index (χ3v) is 5.03. The van der Waals surface area contributed by atoms with E-state index in [4.69, 9.17) is 5.73 Å². The summed E-state index contributed by atoms with van der Waals surface area (Å²) in [6, 6.07) is -0.155. The summed E-state index contributed by atoms with van der Waals surface area (Å²) in [5.41, 5.74) is 5.58. The lowest BCUT2D eigenvalue weighted by atomic mass is 10.1. The van der Waals surface area contributed by atoms with Crippen molar-refractivity contribution in [2.75, 3.05) is 13.7 Å². The summed E-state index contributed by atoms with van der Waals surface area (Å²) in [5, 5.41) is -1.19. The highest BCUT2D eigenvalue weighted by Gasteiger charge is 2.35. The normalized spacial score (nSPS) is 26.8. The number of sulfonamides is 1. The van der Waals surface area contributed by atoms with E-state index < -0.39 is 21.2 Å². The van der Waals surface area contributed by atoms with Gasteiger partial charge >= 0.3 is 5.97 Å². The van der Waals surface area contributed by atoms with Crippen LogP contribution in [0.25, 0.3) is 0 Å². The molecule has 0 bridgehead atoms. The molecule has 0 amide bonds. The van der Waals surface area contributed by atoms with Gasteiger partial charge in [-0.3, -0.25) is 4.79 Å². The van der Waals surface area contributed by atoms with Crippen LogP contribution in [-0.4, -0.2) is 39.3 Å². The van der Waals surface area contributed by atoms with Crippen molar-refractivity contribution in [1.29, 1.82) is 0 Å². The van der Waals surface area contributed by atoms with Crippen LogP contribution in [0.15, 0.2) is 0 Å². The number of carbonyl (C=O) groups excluding carboxylic acids is 1. The Bertz CT molecular complexity index is 369. The van der Waals surface area contributed by atoms with Gasteiger partial charge in [-0.05, 0) is 32.2 Å². The minimum absolute atomic E-state index is 0.155. The number of nitrogens with two attached hydrogens (primary N) is 1. The Morgan fingerprint density at radius 1 is 1.53 bits per heavy atom. The Morgan fingerprint density at radius 3 is 2.71 bits per heavy atom. The van der Waals surface area contributed by atoms with Crippen LogP contribution < -0.4 is 10.5 Å². The van der Waals surface area contributed by atoms with Crippen molar-refractivity contribution in [3.8, 4) is 0 Å². The number of hydrogen-bond acceptors (Lipinski definition) is 5. The van der Waals surface area contributed by atoms with E-state index >= 15 is 0 Å². The fraction of sp³-hybridized carbons (Fsp3) is 0.900. The average molecular weight is 264 g/mol. The lowest BCUT2D eigenvalue weighted by Gasteiger charge is -2.21. The van der Waals surface area contributed by atoms with Crippen molar-refractivity contribution in [1.82, 2.24) is 4.72 Å². The summed E-state index contributed by atoms with van der Waals surface area (Å²) < 4.78 is 30.8. The fourth-order valence-corrected chi connectivity index (χ4v) is 3.37. The van der Waals surface area contributed by atoms with Gasteiger partial charge in [-0.1, -0.05) is 6.42 Å². The predicted octanol–water partition coefficient (Wildman–Crippen LogP) is -0.405. The van der Waals surface area contributed by atoms with Crippen molar-refractivity contribution >= 4 is 16.0 Å². The average Bonchev–Trinajstić information content (AvgIpc) is 2.73. The molecule has 6 nitrogen and oxygen atoms in total. The first-order valence-corrected chi connectivity index (χ1v) is 7.26. The number of ether oxygens (including phenoxy) is 1. The lowest BCUT2D eigenvalue weighted by Crippen LogP contribution is -2.45. The number of hydrogen-bond donors (Lipinski definition) is 2. The molecule has 1 aliphatic carbocycles. The Kier molecular flexibility index (Phi) is 4.91. The van der Waals surface area contributed by atoms with E-state index in [2.05, 4.69) is 9.46 Å². The summed E-state index contributed by atoms with van der Waals surface area (Å²) in [5.74, 6) is -0.589. The van der Waals surface area contributed by atoms with Crippen LogP contribution in [0.3, 0.4) is 0 Å². The second-order valence-electron chi connectivity index (χ2n) is 4.36. The maximum absolute atomic E-state index is 11.9. The molecule has 0 aromatic carbocycles. The Morgan fingerprint density at radius 2 is 2.18 bits per heavy atom. The molecule has 0 aliphatic heterocycles. The van der Waals surface area contributed by atoms with Crippen LogP contribution in [-0.2, 0) is 19.6 Å². The summed E-state index contributed by atoms with van der Waals surface area (Å²) in [7, 11) is -2.50.